The molecule has 4 rings (SSSR count). The molecule has 12 heteroatoms. The molecular formula is C27H37F6N3O3. The van der Waals surface area contributed by atoms with Crippen molar-refractivity contribution >= 4 is 6.03 Å². The average Bonchev–Trinajstić information content (AvgIpc) is 2.79. The number of alkyl halides is 5. The molecule has 1 aromatic rings. The lowest BCUT2D eigenvalue weighted by Gasteiger charge is -2.49. The third-order valence-corrected chi connectivity index (χ3v) is 8.57. The predicted octanol–water partition coefficient (Wildman–Crippen LogP) is 5.95. The van der Waals surface area contributed by atoms with Crippen LogP contribution < -0.4 is 15.4 Å². The predicted molar refractivity (Wildman–Crippen MR) is 132 cm³/mol. The fourth-order valence-electron chi connectivity index (χ4n) is 5.95. The maximum Gasteiger partial charge on any atom is 0.421 e. The van der Waals surface area contributed by atoms with Gasteiger partial charge in [0.2, 0.25) is 5.92 Å². The van der Waals surface area contributed by atoms with Crippen LogP contribution in [0.2, 0.25) is 0 Å². The molecule has 5 atom stereocenters. The molecule has 2 amide bonds. The number of ether oxygens (including phenoxy) is 2. The first-order valence-corrected chi connectivity index (χ1v) is 13.5. The molecule has 3 aliphatic rings. The van der Waals surface area contributed by atoms with Crippen molar-refractivity contribution < 1.29 is 40.6 Å². The molecule has 0 spiro atoms. The Morgan fingerprint density at radius 1 is 1.15 bits per heavy atom. The molecule has 2 N–H and O–H groups in total. The van der Waals surface area contributed by atoms with Crippen molar-refractivity contribution in [1.29, 1.82) is 0 Å². The molecule has 0 bridgehead atoms. The zero-order valence-corrected chi connectivity index (χ0v) is 22.6. The van der Waals surface area contributed by atoms with Crippen LogP contribution in [-0.2, 0) is 10.3 Å². The number of likely N-dealkylation sites (N-methyl/N-ethyl adjacent to an activating group) is 1. The van der Waals surface area contributed by atoms with Crippen LogP contribution in [0.25, 0.3) is 0 Å². The number of halogens is 6. The summed E-state index contributed by atoms with van der Waals surface area (Å²) in [7, 11) is 1.75. The molecule has 1 saturated carbocycles. The third-order valence-electron chi connectivity index (χ3n) is 8.57. The van der Waals surface area contributed by atoms with E-state index in [0.717, 1.165) is 18.2 Å². The number of nitrogens with one attached hydrogen (secondary N) is 2. The van der Waals surface area contributed by atoms with E-state index in [9.17, 15) is 31.1 Å². The van der Waals surface area contributed by atoms with Crippen molar-refractivity contribution in [2.75, 3.05) is 13.7 Å². The summed E-state index contributed by atoms with van der Waals surface area (Å²) in [6.45, 7) is 5.81. The van der Waals surface area contributed by atoms with Crippen LogP contribution in [0, 0.1) is 17.7 Å². The van der Waals surface area contributed by atoms with Crippen molar-refractivity contribution in [3.8, 4) is 5.75 Å². The lowest BCUT2D eigenvalue weighted by molar-refractivity contribution is -0.334. The summed E-state index contributed by atoms with van der Waals surface area (Å²) in [4.78, 5) is 14.9. The summed E-state index contributed by atoms with van der Waals surface area (Å²) < 4.78 is 95.0. The lowest BCUT2D eigenvalue weighted by Crippen LogP contribution is -2.65. The second kappa shape index (κ2) is 11.0. The Balaban J connectivity index is 1.61. The fraction of sp³-hybridized carbons (Fsp3) is 0.741. The van der Waals surface area contributed by atoms with E-state index in [1.54, 1.807) is 7.05 Å². The van der Waals surface area contributed by atoms with Gasteiger partial charge in [0, 0.05) is 36.9 Å². The van der Waals surface area contributed by atoms with Gasteiger partial charge in [0.05, 0.1) is 12.6 Å². The van der Waals surface area contributed by atoms with E-state index >= 15 is 0 Å². The van der Waals surface area contributed by atoms with E-state index in [-0.39, 0.29) is 62.3 Å². The van der Waals surface area contributed by atoms with Crippen LogP contribution in [0.5, 0.6) is 5.75 Å². The Hall–Kier alpha value is -2.21. The van der Waals surface area contributed by atoms with Crippen molar-refractivity contribution in [2.24, 2.45) is 11.8 Å². The van der Waals surface area contributed by atoms with Gasteiger partial charge in [0.25, 0.3) is 0 Å². The summed E-state index contributed by atoms with van der Waals surface area (Å²) in [6, 6.07) is 1.34. The molecule has 0 radical (unpaired) electrons. The Kier molecular flexibility index (Phi) is 8.39. The smallest absolute Gasteiger partial charge is 0.421 e. The van der Waals surface area contributed by atoms with E-state index in [4.69, 9.17) is 9.47 Å². The normalized spacial score (nSPS) is 32.0. The number of benzene rings is 1. The standard InChI is InChI=1S/C27H37F6N3O3/c1-15(2)19-13-16(3)36(4)23(22(19)35-24(37)34-18-7-9-25(29,30)10-8-18)39-21-6-5-17(28)14-20(21)26(11-12-38-26)27(31,32)33/h5-6,14-16,18-19,22-23H,7-13H2,1-4H3,(H2,34,35,37). The van der Waals surface area contributed by atoms with E-state index < -0.39 is 53.4 Å². The summed E-state index contributed by atoms with van der Waals surface area (Å²) in [5.74, 6) is -3.79. The number of rotatable bonds is 6. The van der Waals surface area contributed by atoms with Gasteiger partial charge in [-0.05, 0) is 63.3 Å². The average molecular weight is 566 g/mol. The van der Waals surface area contributed by atoms with E-state index in [0.29, 0.717) is 6.42 Å². The molecule has 5 unspecified atom stereocenters. The van der Waals surface area contributed by atoms with Gasteiger partial charge in [0.15, 0.2) is 11.8 Å². The molecule has 39 heavy (non-hydrogen) atoms. The van der Waals surface area contributed by atoms with E-state index in [1.165, 1.54) is 0 Å². The number of carbonyl (C=O) groups is 1. The quantitative estimate of drug-likeness (QED) is 0.419. The topological polar surface area (TPSA) is 62.8 Å². The minimum atomic E-state index is -4.79. The highest BCUT2D eigenvalue weighted by Gasteiger charge is 2.63. The van der Waals surface area contributed by atoms with Gasteiger partial charge in [-0.3, -0.25) is 4.90 Å². The molecule has 3 fully saturated rings. The molecule has 6 nitrogen and oxygen atoms in total. The minimum Gasteiger partial charge on any atom is -0.472 e. The van der Waals surface area contributed by atoms with Crippen LogP contribution in [-0.4, -0.2) is 61.0 Å². The second-order valence-corrected chi connectivity index (χ2v) is 11.5. The number of piperidine rings is 1. The van der Waals surface area contributed by atoms with E-state index in [1.807, 2.05) is 25.7 Å². The highest BCUT2D eigenvalue weighted by atomic mass is 19.4. The number of urea groups is 1. The van der Waals surface area contributed by atoms with Gasteiger partial charge < -0.3 is 20.1 Å². The van der Waals surface area contributed by atoms with Gasteiger partial charge in [-0.25, -0.2) is 18.0 Å². The number of nitrogens with zero attached hydrogens (tertiary/aromatic N) is 1. The van der Waals surface area contributed by atoms with Gasteiger partial charge >= 0.3 is 12.2 Å². The fourth-order valence-corrected chi connectivity index (χ4v) is 5.95. The number of carbonyl (C=O) groups excluding carboxylic acids is 1. The van der Waals surface area contributed by atoms with Crippen LogP contribution in [0.15, 0.2) is 18.2 Å². The third kappa shape index (κ3) is 6.11. The van der Waals surface area contributed by atoms with Crippen LogP contribution >= 0.6 is 0 Å². The first kappa shape index (κ1) is 29.8. The molecule has 1 aliphatic carbocycles. The van der Waals surface area contributed by atoms with Crippen molar-refractivity contribution in [1.82, 2.24) is 15.5 Å². The van der Waals surface area contributed by atoms with Crippen LogP contribution in [0.3, 0.4) is 0 Å². The molecule has 220 valence electrons. The number of likely N-dealkylation sites (tertiary alicyclic amines) is 1. The Morgan fingerprint density at radius 3 is 2.33 bits per heavy atom. The SMILES string of the molecule is CC(C)C1CC(C)N(C)C(Oc2ccc(F)cc2C2(C(F)(F)F)CCO2)C1NC(=O)NC1CCC(F)(F)CC1. The summed E-state index contributed by atoms with van der Waals surface area (Å²) in [5, 5.41) is 5.72. The molecule has 2 heterocycles. The second-order valence-electron chi connectivity index (χ2n) is 11.5. The molecule has 1 aromatic carbocycles. The van der Waals surface area contributed by atoms with Gasteiger partial charge in [-0.15, -0.1) is 0 Å². The zero-order valence-electron chi connectivity index (χ0n) is 22.6. The number of hydrogen-bond donors (Lipinski definition) is 2. The summed E-state index contributed by atoms with van der Waals surface area (Å²) >= 11 is 0. The van der Waals surface area contributed by atoms with Crippen molar-refractivity contribution in [2.45, 2.75) is 101 Å². The van der Waals surface area contributed by atoms with Crippen LogP contribution in [0.4, 0.5) is 31.1 Å². The monoisotopic (exact) mass is 565 g/mol. The largest absolute Gasteiger partial charge is 0.472 e. The highest BCUT2D eigenvalue weighted by molar-refractivity contribution is 5.74. The molecule has 2 aliphatic heterocycles. The first-order valence-electron chi connectivity index (χ1n) is 13.5. The Bertz CT molecular complexity index is 1020. The lowest BCUT2D eigenvalue weighted by atomic mass is 9.78. The number of hydrogen-bond acceptors (Lipinski definition) is 4. The maximum absolute atomic E-state index is 14.2. The van der Waals surface area contributed by atoms with Crippen LogP contribution in [0.1, 0.15) is 64.9 Å². The van der Waals surface area contributed by atoms with E-state index in [2.05, 4.69) is 10.6 Å². The molecule has 0 aromatic heterocycles. The summed E-state index contributed by atoms with van der Waals surface area (Å²) in [5.41, 5.74) is -3.12. The van der Waals surface area contributed by atoms with Gasteiger partial charge in [-0.2, -0.15) is 13.2 Å². The van der Waals surface area contributed by atoms with Gasteiger partial charge in [-0.1, -0.05) is 13.8 Å². The van der Waals surface area contributed by atoms with Crippen molar-refractivity contribution in [3.63, 3.8) is 0 Å². The molecule has 2 saturated heterocycles. The zero-order chi connectivity index (χ0) is 28.8. The Labute approximate surface area is 224 Å². The highest BCUT2D eigenvalue weighted by Crippen LogP contribution is 2.53. The summed E-state index contributed by atoms with van der Waals surface area (Å²) in [6.07, 6.45) is -5.69. The number of amides is 2. The Morgan fingerprint density at radius 2 is 1.79 bits per heavy atom. The first-order chi connectivity index (χ1) is 18.1. The van der Waals surface area contributed by atoms with Gasteiger partial charge in [0.1, 0.15) is 11.6 Å². The maximum atomic E-state index is 14.2. The molecular weight excluding hydrogens is 528 g/mol. The minimum absolute atomic E-state index is 0.0375. The van der Waals surface area contributed by atoms with Crippen molar-refractivity contribution in [3.05, 3.63) is 29.6 Å².